The molecule has 6 heteroatoms. The van der Waals surface area contributed by atoms with E-state index in [1.807, 2.05) is 6.07 Å². The van der Waals surface area contributed by atoms with Crippen LogP contribution in [0, 0.1) is 11.3 Å². The second-order valence-corrected chi connectivity index (χ2v) is 6.12. The molecule has 1 N–H and O–H groups in total. The summed E-state index contributed by atoms with van der Waals surface area (Å²) in [4.78, 5) is 25.3. The second kappa shape index (κ2) is 4.82. The van der Waals surface area contributed by atoms with Crippen LogP contribution < -0.4 is 4.74 Å². The summed E-state index contributed by atoms with van der Waals surface area (Å²) in [6.45, 7) is 3.41. The molecule has 1 aromatic rings. The van der Waals surface area contributed by atoms with Crippen molar-refractivity contribution in [1.29, 1.82) is 5.26 Å². The Labute approximate surface area is 127 Å². The van der Waals surface area contributed by atoms with Crippen LogP contribution in [0.5, 0.6) is 5.75 Å². The maximum Gasteiger partial charge on any atom is 0.230 e. The monoisotopic (exact) mass is 300 g/mol. The summed E-state index contributed by atoms with van der Waals surface area (Å²) in [7, 11) is 0. The average Bonchev–Trinajstić information content (AvgIpc) is 2.80. The van der Waals surface area contributed by atoms with Crippen LogP contribution in [-0.2, 0) is 9.59 Å². The molecule has 0 aromatic heterocycles. The van der Waals surface area contributed by atoms with E-state index in [1.165, 1.54) is 0 Å². The fourth-order valence-corrected chi connectivity index (χ4v) is 3.02. The zero-order valence-corrected chi connectivity index (χ0v) is 12.4. The number of carbonyl (C=O) groups is 2. The number of likely N-dealkylation sites (tertiary alicyclic amines) is 1. The van der Waals surface area contributed by atoms with Crippen molar-refractivity contribution in [3.8, 4) is 11.8 Å². The number of amides is 2. The molecule has 0 saturated carbocycles. The molecule has 2 aliphatic rings. The molecule has 2 heterocycles. The van der Waals surface area contributed by atoms with Crippen molar-refractivity contribution in [1.82, 2.24) is 4.90 Å². The number of aliphatic hydroxyl groups excluding tert-OH is 1. The van der Waals surface area contributed by atoms with Crippen molar-refractivity contribution in [2.75, 3.05) is 0 Å². The summed E-state index contributed by atoms with van der Waals surface area (Å²) in [5.74, 6) is -0.132. The minimum Gasteiger partial charge on any atom is -0.485 e. The van der Waals surface area contributed by atoms with E-state index in [4.69, 9.17) is 10.00 Å². The van der Waals surface area contributed by atoms with Crippen molar-refractivity contribution in [3.63, 3.8) is 0 Å². The molecule has 114 valence electrons. The minimum atomic E-state index is -1.07. The lowest BCUT2D eigenvalue weighted by Crippen LogP contribution is -2.54. The van der Waals surface area contributed by atoms with Gasteiger partial charge in [-0.3, -0.25) is 14.5 Å². The van der Waals surface area contributed by atoms with Crippen molar-refractivity contribution in [2.24, 2.45) is 0 Å². The number of ether oxygens (including phenoxy) is 1. The molecule has 1 aromatic carbocycles. The Bertz CT molecular complexity index is 689. The second-order valence-electron chi connectivity index (χ2n) is 6.12. The fraction of sp³-hybridized carbons (Fsp3) is 0.438. The third kappa shape index (κ3) is 2.06. The highest BCUT2D eigenvalue weighted by molar-refractivity contribution is 6.02. The van der Waals surface area contributed by atoms with Gasteiger partial charge in [0.15, 0.2) is 0 Å². The molecule has 6 nitrogen and oxygen atoms in total. The quantitative estimate of drug-likeness (QED) is 0.789. The van der Waals surface area contributed by atoms with Crippen LogP contribution in [-0.4, -0.2) is 33.5 Å². The number of hydrogen-bond acceptors (Lipinski definition) is 5. The van der Waals surface area contributed by atoms with Crippen LogP contribution in [0.15, 0.2) is 18.2 Å². The summed E-state index contributed by atoms with van der Waals surface area (Å²) in [5, 5.41) is 19.7. The Hall–Kier alpha value is -2.39. The zero-order valence-electron chi connectivity index (χ0n) is 12.4. The molecule has 1 fully saturated rings. The van der Waals surface area contributed by atoms with Crippen LogP contribution in [0.25, 0.3) is 0 Å². The molecule has 0 aliphatic carbocycles. The van der Waals surface area contributed by atoms with Crippen LogP contribution in [0.1, 0.15) is 43.9 Å². The fourth-order valence-electron chi connectivity index (χ4n) is 3.02. The van der Waals surface area contributed by atoms with E-state index in [0.717, 1.165) is 4.90 Å². The molecule has 22 heavy (non-hydrogen) atoms. The average molecular weight is 300 g/mol. The highest BCUT2D eigenvalue weighted by Crippen LogP contribution is 2.44. The Morgan fingerprint density at radius 3 is 2.55 bits per heavy atom. The largest absolute Gasteiger partial charge is 0.485 e. The third-order valence-electron chi connectivity index (χ3n) is 4.21. The number of imide groups is 1. The van der Waals surface area contributed by atoms with Gasteiger partial charge >= 0.3 is 0 Å². The van der Waals surface area contributed by atoms with Gasteiger partial charge in [-0.2, -0.15) is 5.26 Å². The number of carbonyl (C=O) groups excluding carboxylic acids is 2. The number of fused-ring (bicyclic) bond motifs is 1. The Balaban J connectivity index is 2.17. The molecule has 3 rings (SSSR count). The Morgan fingerprint density at radius 1 is 1.32 bits per heavy atom. The van der Waals surface area contributed by atoms with Gasteiger partial charge < -0.3 is 9.84 Å². The van der Waals surface area contributed by atoms with E-state index in [1.54, 1.807) is 32.0 Å². The maximum atomic E-state index is 12.1. The molecule has 0 bridgehead atoms. The van der Waals surface area contributed by atoms with Crippen molar-refractivity contribution >= 4 is 11.8 Å². The molecular formula is C16H16N2O4. The van der Waals surface area contributed by atoms with Gasteiger partial charge in [-0.05, 0) is 32.0 Å². The lowest BCUT2D eigenvalue weighted by molar-refractivity contribution is -0.151. The first-order valence-electron chi connectivity index (χ1n) is 7.11. The SMILES string of the molecule is CC1(C)Oc2ccc(C#N)cc2[C@@H](N2C(=O)CCC2=O)[C@@H]1O. The summed E-state index contributed by atoms with van der Waals surface area (Å²) in [6, 6.07) is 6.01. The third-order valence-corrected chi connectivity index (χ3v) is 4.21. The van der Waals surface area contributed by atoms with Gasteiger partial charge in [0.1, 0.15) is 17.5 Å². The van der Waals surface area contributed by atoms with E-state index in [2.05, 4.69) is 0 Å². The first kappa shape index (κ1) is 14.5. The van der Waals surface area contributed by atoms with E-state index in [0.29, 0.717) is 16.9 Å². The van der Waals surface area contributed by atoms with Gasteiger partial charge in [0.25, 0.3) is 0 Å². The number of hydrogen-bond donors (Lipinski definition) is 1. The van der Waals surface area contributed by atoms with E-state index in [9.17, 15) is 14.7 Å². The van der Waals surface area contributed by atoms with Crippen LogP contribution in [0.3, 0.4) is 0 Å². The molecule has 1 saturated heterocycles. The normalized spacial score (nSPS) is 26.4. The predicted octanol–water partition coefficient (Wildman–Crippen LogP) is 1.28. The first-order valence-corrected chi connectivity index (χ1v) is 7.11. The van der Waals surface area contributed by atoms with E-state index < -0.39 is 17.7 Å². The van der Waals surface area contributed by atoms with Crippen LogP contribution in [0.2, 0.25) is 0 Å². The number of rotatable bonds is 1. The highest BCUT2D eigenvalue weighted by atomic mass is 16.5. The van der Waals surface area contributed by atoms with E-state index >= 15 is 0 Å². The Morgan fingerprint density at radius 2 is 1.95 bits per heavy atom. The number of nitrogens with zero attached hydrogens (tertiary/aromatic N) is 2. The van der Waals surface area contributed by atoms with Crippen molar-refractivity contribution in [3.05, 3.63) is 29.3 Å². The first-order chi connectivity index (χ1) is 10.3. The summed E-state index contributed by atoms with van der Waals surface area (Å²) in [5.41, 5.74) is -0.0672. The smallest absolute Gasteiger partial charge is 0.230 e. The standard InChI is InChI=1S/C16H16N2O4/c1-16(2)15(21)14(18-12(19)5-6-13(18)20)10-7-9(8-17)3-4-11(10)22-16/h3-4,7,14-15,21H,5-6H2,1-2H3/t14-,15+/m1/s1. The van der Waals surface area contributed by atoms with Gasteiger partial charge in [-0.25, -0.2) is 0 Å². The van der Waals surface area contributed by atoms with Gasteiger partial charge in [-0.1, -0.05) is 0 Å². The van der Waals surface area contributed by atoms with Gasteiger partial charge in [0, 0.05) is 18.4 Å². The lowest BCUT2D eigenvalue weighted by Gasteiger charge is -2.44. The molecule has 2 aliphatic heterocycles. The number of benzene rings is 1. The topological polar surface area (TPSA) is 90.6 Å². The van der Waals surface area contributed by atoms with Crippen molar-refractivity contribution < 1.29 is 19.4 Å². The molecule has 2 atom stereocenters. The van der Waals surface area contributed by atoms with Gasteiger partial charge in [0.05, 0.1) is 17.7 Å². The maximum absolute atomic E-state index is 12.1. The van der Waals surface area contributed by atoms with E-state index in [-0.39, 0.29) is 24.7 Å². The molecule has 0 spiro atoms. The molecular weight excluding hydrogens is 284 g/mol. The minimum absolute atomic E-state index is 0.149. The number of nitriles is 1. The van der Waals surface area contributed by atoms with Gasteiger partial charge in [-0.15, -0.1) is 0 Å². The molecule has 0 radical (unpaired) electrons. The zero-order chi connectivity index (χ0) is 16.1. The molecule has 0 unspecified atom stereocenters. The van der Waals surface area contributed by atoms with Crippen LogP contribution in [0.4, 0.5) is 0 Å². The summed E-state index contributed by atoms with van der Waals surface area (Å²) >= 11 is 0. The molecule has 2 amide bonds. The highest BCUT2D eigenvalue weighted by Gasteiger charge is 2.49. The summed E-state index contributed by atoms with van der Waals surface area (Å²) < 4.78 is 5.78. The number of aliphatic hydroxyl groups is 1. The lowest BCUT2D eigenvalue weighted by atomic mass is 9.85. The predicted molar refractivity (Wildman–Crippen MR) is 75.7 cm³/mol. The van der Waals surface area contributed by atoms with Crippen LogP contribution >= 0.6 is 0 Å². The Kier molecular flexibility index (Phi) is 3.18. The van der Waals surface area contributed by atoms with Gasteiger partial charge in [0.2, 0.25) is 11.8 Å². The summed E-state index contributed by atoms with van der Waals surface area (Å²) in [6.07, 6.45) is -0.771. The van der Waals surface area contributed by atoms with Crippen molar-refractivity contribution in [2.45, 2.75) is 44.4 Å².